The lowest BCUT2D eigenvalue weighted by molar-refractivity contribution is 0.103. The van der Waals surface area contributed by atoms with E-state index in [9.17, 15) is 9.18 Å². The number of aromatic nitrogens is 1. The van der Waals surface area contributed by atoms with E-state index in [-0.39, 0.29) is 16.3 Å². The normalized spacial score (nSPS) is 10.7. The number of carbonyl (C=O) groups excluding carboxylic acids is 1. The number of carbonyl (C=O) groups is 1. The van der Waals surface area contributed by atoms with Crippen LogP contribution in [0.15, 0.2) is 54.6 Å². The molecule has 1 heterocycles. The van der Waals surface area contributed by atoms with E-state index in [1.54, 1.807) is 12.1 Å². The highest BCUT2D eigenvalue weighted by Gasteiger charge is 2.15. The lowest BCUT2D eigenvalue weighted by Crippen LogP contribution is -2.06. The number of pyridine rings is 1. The molecule has 0 atom stereocenters. The van der Waals surface area contributed by atoms with Crippen molar-refractivity contribution in [2.24, 2.45) is 0 Å². The van der Waals surface area contributed by atoms with Crippen molar-refractivity contribution in [2.45, 2.75) is 0 Å². The zero-order chi connectivity index (χ0) is 14.1. The van der Waals surface area contributed by atoms with Gasteiger partial charge in [-0.3, -0.25) is 4.79 Å². The second kappa shape index (κ2) is 5.02. The molecule has 1 aromatic heterocycles. The second-order valence-corrected chi connectivity index (χ2v) is 4.78. The molecule has 0 saturated carbocycles. The first kappa shape index (κ1) is 12.8. The van der Waals surface area contributed by atoms with Crippen LogP contribution in [0.3, 0.4) is 0 Å². The van der Waals surface area contributed by atoms with Crippen molar-refractivity contribution in [3.8, 4) is 0 Å². The maximum absolute atomic E-state index is 13.8. The fraction of sp³-hybridized carbons (Fsp3) is 0. The monoisotopic (exact) mass is 285 g/mol. The smallest absolute Gasteiger partial charge is 0.214 e. The van der Waals surface area contributed by atoms with Crippen LogP contribution in [0.2, 0.25) is 5.02 Å². The van der Waals surface area contributed by atoms with Crippen molar-refractivity contribution >= 4 is 28.3 Å². The molecule has 4 heteroatoms. The third-order valence-electron chi connectivity index (χ3n) is 3.01. The first-order valence-electron chi connectivity index (χ1n) is 6.01. The van der Waals surface area contributed by atoms with Crippen molar-refractivity contribution in [2.75, 3.05) is 0 Å². The van der Waals surface area contributed by atoms with E-state index in [4.69, 9.17) is 11.6 Å². The summed E-state index contributed by atoms with van der Waals surface area (Å²) in [5, 5.41) is 1.19. The summed E-state index contributed by atoms with van der Waals surface area (Å²) in [6.07, 6.45) is 0. The Morgan fingerprint density at radius 3 is 2.65 bits per heavy atom. The van der Waals surface area contributed by atoms with E-state index < -0.39 is 11.6 Å². The molecule has 98 valence electrons. The number of ketones is 1. The van der Waals surface area contributed by atoms with Gasteiger partial charge in [-0.2, -0.15) is 0 Å². The van der Waals surface area contributed by atoms with Gasteiger partial charge in [0, 0.05) is 10.4 Å². The van der Waals surface area contributed by atoms with Gasteiger partial charge < -0.3 is 0 Å². The van der Waals surface area contributed by atoms with E-state index in [1.165, 1.54) is 12.1 Å². The van der Waals surface area contributed by atoms with Crippen LogP contribution in [0.25, 0.3) is 10.9 Å². The Morgan fingerprint density at radius 1 is 1.05 bits per heavy atom. The number of nitrogens with zero attached hydrogens (tertiary/aromatic N) is 1. The summed E-state index contributed by atoms with van der Waals surface area (Å²) >= 11 is 5.68. The molecule has 2 nitrogen and oxygen atoms in total. The summed E-state index contributed by atoms with van der Waals surface area (Å²) in [6, 6.07) is 14.8. The van der Waals surface area contributed by atoms with Gasteiger partial charge in [0.15, 0.2) is 0 Å². The minimum absolute atomic E-state index is 0.0304. The zero-order valence-electron chi connectivity index (χ0n) is 10.3. The van der Waals surface area contributed by atoms with E-state index >= 15 is 0 Å². The van der Waals surface area contributed by atoms with Gasteiger partial charge in [0.25, 0.3) is 0 Å². The topological polar surface area (TPSA) is 30.0 Å². The molecule has 0 aliphatic rings. The van der Waals surface area contributed by atoms with Crippen molar-refractivity contribution in [1.29, 1.82) is 0 Å². The number of benzene rings is 2. The van der Waals surface area contributed by atoms with Crippen molar-refractivity contribution in [3.05, 3.63) is 76.7 Å². The van der Waals surface area contributed by atoms with Crippen molar-refractivity contribution < 1.29 is 9.18 Å². The van der Waals surface area contributed by atoms with Gasteiger partial charge in [-0.15, -0.1) is 0 Å². The Bertz CT molecular complexity index is 816. The van der Waals surface area contributed by atoms with Crippen LogP contribution in [0.1, 0.15) is 16.1 Å². The second-order valence-electron chi connectivity index (χ2n) is 4.34. The molecule has 0 spiro atoms. The van der Waals surface area contributed by atoms with Gasteiger partial charge in [0.05, 0.1) is 11.1 Å². The number of fused-ring (bicyclic) bond motifs is 1. The summed E-state index contributed by atoms with van der Waals surface area (Å²) in [7, 11) is 0. The third kappa shape index (κ3) is 2.28. The molecule has 2 aromatic carbocycles. The average molecular weight is 286 g/mol. The SMILES string of the molecule is O=C(c1ccc2ccccc2n1)c1ccc(Cl)cc1F. The van der Waals surface area contributed by atoms with Gasteiger partial charge >= 0.3 is 0 Å². The van der Waals surface area contributed by atoms with Gasteiger partial charge in [0.2, 0.25) is 5.78 Å². The van der Waals surface area contributed by atoms with Crippen LogP contribution in [0.5, 0.6) is 0 Å². The zero-order valence-corrected chi connectivity index (χ0v) is 11.1. The van der Waals surface area contributed by atoms with Crippen LogP contribution in [0, 0.1) is 5.82 Å². The van der Waals surface area contributed by atoms with E-state index in [0.29, 0.717) is 5.52 Å². The number of rotatable bonds is 2. The molecule has 0 aliphatic carbocycles. The summed E-state index contributed by atoms with van der Waals surface area (Å²) in [5.74, 6) is -1.10. The van der Waals surface area contributed by atoms with E-state index in [2.05, 4.69) is 4.98 Å². The van der Waals surface area contributed by atoms with E-state index in [1.807, 2.05) is 24.3 Å². The van der Waals surface area contributed by atoms with Crippen LogP contribution in [0.4, 0.5) is 4.39 Å². The predicted molar refractivity (Wildman–Crippen MR) is 76.6 cm³/mol. The molecular weight excluding hydrogens is 277 g/mol. The number of para-hydroxylation sites is 1. The Kier molecular flexibility index (Phi) is 3.20. The van der Waals surface area contributed by atoms with Crippen molar-refractivity contribution in [3.63, 3.8) is 0 Å². The molecule has 3 aromatic rings. The molecular formula is C16H9ClFNO. The van der Waals surface area contributed by atoms with Crippen LogP contribution in [-0.4, -0.2) is 10.8 Å². The summed E-state index contributed by atoms with van der Waals surface area (Å²) < 4.78 is 13.8. The quantitative estimate of drug-likeness (QED) is 0.659. The van der Waals surface area contributed by atoms with Crippen LogP contribution < -0.4 is 0 Å². The summed E-state index contributed by atoms with van der Waals surface area (Å²) in [6.45, 7) is 0. The first-order chi connectivity index (χ1) is 9.65. The highest BCUT2D eigenvalue weighted by Crippen LogP contribution is 2.19. The summed E-state index contributed by atoms with van der Waals surface area (Å²) in [4.78, 5) is 16.5. The van der Waals surface area contributed by atoms with Crippen molar-refractivity contribution in [1.82, 2.24) is 4.98 Å². The predicted octanol–water partition coefficient (Wildman–Crippen LogP) is 4.26. The standard InChI is InChI=1S/C16H9ClFNO/c17-11-6-7-12(13(18)9-11)16(20)15-8-5-10-3-1-2-4-14(10)19-15/h1-9H. The fourth-order valence-corrected chi connectivity index (χ4v) is 2.16. The van der Waals surface area contributed by atoms with Gasteiger partial charge in [-0.05, 0) is 30.3 Å². The minimum Gasteiger partial charge on any atom is -0.287 e. The van der Waals surface area contributed by atoms with E-state index in [0.717, 1.165) is 11.5 Å². The maximum atomic E-state index is 13.8. The Balaban J connectivity index is 2.08. The van der Waals surface area contributed by atoms with Crippen LogP contribution >= 0.6 is 11.6 Å². The Labute approximate surface area is 119 Å². The number of halogens is 2. The first-order valence-corrected chi connectivity index (χ1v) is 6.38. The summed E-state index contributed by atoms with van der Waals surface area (Å²) in [5.41, 5.74) is 0.884. The number of hydrogen-bond acceptors (Lipinski definition) is 2. The maximum Gasteiger partial charge on any atom is 0.214 e. The van der Waals surface area contributed by atoms with Crippen LogP contribution in [-0.2, 0) is 0 Å². The molecule has 0 N–H and O–H groups in total. The Morgan fingerprint density at radius 2 is 1.85 bits per heavy atom. The Hall–Kier alpha value is -2.26. The van der Waals surface area contributed by atoms with Gasteiger partial charge in [0.1, 0.15) is 11.5 Å². The lowest BCUT2D eigenvalue weighted by atomic mass is 10.1. The molecule has 0 saturated heterocycles. The lowest BCUT2D eigenvalue weighted by Gasteiger charge is -2.04. The van der Waals surface area contributed by atoms with Gasteiger partial charge in [-0.25, -0.2) is 9.37 Å². The largest absolute Gasteiger partial charge is 0.287 e. The molecule has 0 fully saturated rings. The molecule has 0 aliphatic heterocycles. The molecule has 0 amide bonds. The molecule has 0 bridgehead atoms. The molecule has 0 unspecified atom stereocenters. The highest BCUT2D eigenvalue weighted by molar-refractivity contribution is 6.30. The average Bonchev–Trinajstić information content (AvgIpc) is 2.46. The number of hydrogen-bond donors (Lipinski definition) is 0. The molecule has 20 heavy (non-hydrogen) atoms. The minimum atomic E-state index is -0.641. The fourth-order valence-electron chi connectivity index (χ4n) is 2.00. The molecule has 3 rings (SSSR count). The molecule has 0 radical (unpaired) electrons. The van der Waals surface area contributed by atoms with Gasteiger partial charge in [-0.1, -0.05) is 35.9 Å². The third-order valence-corrected chi connectivity index (χ3v) is 3.24. The highest BCUT2D eigenvalue weighted by atomic mass is 35.5.